The van der Waals surface area contributed by atoms with Gasteiger partial charge in [0.05, 0.1) is 11.9 Å². The number of aliphatic carboxylic acids is 1. The van der Waals surface area contributed by atoms with E-state index in [1.54, 1.807) is 12.1 Å². The Morgan fingerprint density at radius 2 is 2.16 bits per heavy atom. The molecule has 5 heteroatoms. The molecule has 0 aliphatic heterocycles. The molecule has 4 nitrogen and oxygen atoms in total. The summed E-state index contributed by atoms with van der Waals surface area (Å²) in [5, 5.41) is 9.00. The molecule has 0 spiro atoms. The zero-order valence-electron chi connectivity index (χ0n) is 10.1. The highest BCUT2D eigenvalue weighted by Gasteiger charge is 2.26. The molecule has 2 heterocycles. The van der Waals surface area contributed by atoms with Gasteiger partial charge < -0.3 is 5.11 Å². The minimum absolute atomic E-state index is 0.0667. The number of carbonyl (C=O) groups excluding carboxylic acids is 1. The maximum atomic E-state index is 14.0. The van der Waals surface area contributed by atoms with Gasteiger partial charge in [-0.15, -0.1) is 0 Å². The number of halogens is 1. The standard InChI is InChI=1S/C14H12FNO3/c15-13-3-1-2-11-10(7-14(18)19)9-5-4-8(17)6-12(9)16(11)13/h1-3H,4-7H2,(H,18,19). The van der Waals surface area contributed by atoms with E-state index in [0.29, 0.717) is 29.6 Å². The van der Waals surface area contributed by atoms with E-state index in [1.165, 1.54) is 10.5 Å². The van der Waals surface area contributed by atoms with Crippen molar-refractivity contribution in [3.05, 3.63) is 41.0 Å². The van der Waals surface area contributed by atoms with Crippen LogP contribution in [0.5, 0.6) is 0 Å². The second kappa shape index (κ2) is 4.19. The van der Waals surface area contributed by atoms with Crippen LogP contribution in [0.25, 0.3) is 5.52 Å². The van der Waals surface area contributed by atoms with E-state index in [1.807, 2.05) is 0 Å². The Labute approximate surface area is 108 Å². The molecule has 98 valence electrons. The van der Waals surface area contributed by atoms with Gasteiger partial charge in [-0.1, -0.05) is 6.07 Å². The third kappa shape index (κ3) is 1.82. The normalized spacial score (nSPS) is 14.7. The van der Waals surface area contributed by atoms with Crippen LogP contribution in [0.3, 0.4) is 0 Å². The van der Waals surface area contributed by atoms with Crippen molar-refractivity contribution in [2.24, 2.45) is 0 Å². The molecule has 0 saturated carbocycles. The highest BCUT2D eigenvalue weighted by molar-refractivity contribution is 5.85. The van der Waals surface area contributed by atoms with E-state index in [9.17, 15) is 14.0 Å². The second-order valence-electron chi connectivity index (χ2n) is 4.76. The van der Waals surface area contributed by atoms with Gasteiger partial charge in [0, 0.05) is 18.5 Å². The molecule has 0 saturated heterocycles. The molecule has 0 radical (unpaired) electrons. The van der Waals surface area contributed by atoms with E-state index in [0.717, 1.165) is 5.56 Å². The molecule has 1 N–H and O–H groups in total. The Kier molecular flexibility index (Phi) is 2.62. The van der Waals surface area contributed by atoms with Gasteiger partial charge in [-0.25, -0.2) is 0 Å². The zero-order valence-corrected chi connectivity index (χ0v) is 10.1. The van der Waals surface area contributed by atoms with Gasteiger partial charge >= 0.3 is 5.97 Å². The predicted octanol–water partition coefficient (Wildman–Crippen LogP) is 1.76. The Morgan fingerprint density at radius 3 is 2.89 bits per heavy atom. The molecule has 0 aromatic carbocycles. The predicted molar refractivity (Wildman–Crippen MR) is 65.7 cm³/mol. The molecule has 3 rings (SSSR count). The summed E-state index contributed by atoms with van der Waals surface area (Å²) in [4.78, 5) is 22.5. The van der Waals surface area contributed by atoms with Gasteiger partial charge in [0.1, 0.15) is 5.78 Å². The molecule has 0 atom stereocenters. The molecule has 19 heavy (non-hydrogen) atoms. The lowest BCUT2D eigenvalue weighted by atomic mass is 9.93. The van der Waals surface area contributed by atoms with Crippen LogP contribution in [-0.4, -0.2) is 21.3 Å². The van der Waals surface area contributed by atoms with Gasteiger partial charge in [0.2, 0.25) is 0 Å². The highest BCUT2D eigenvalue weighted by Crippen LogP contribution is 2.30. The molecule has 0 amide bonds. The number of hydrogen-bond acceptors (Lipinski definition) is 2. The van der Waals surface area contributed by atoms with Gasteiger partial charge in [-0.2, -0.15) is 4.39 Å². The quantitative estimate of drug-likeness (QED) is 0.838. The summed E-state index contributed by atoms with van der Waals surface area (Å²) in [6.45, 7) is 0. The summed E-state index contributed by atoms with van der Waals surface area (Å²) in [6, 6.07) is 4.57. The minimum atomic E-state index is -0.948. The number of pyridine rings is 1. The van der Waals surface area contributed by atoms with Crippen molar-refractivity contribution >= 4 is 17.3 Å². The van der Waals surface area contributed by atoms with E-state index in [4.69, 9.17) is 5.11 Å². The lowest BCUT2D eigenvalue weighted by Crippen LogP contribution is -2.15. The van der Waals surface area contributed by atoms with Gasteiger partial charge in [0.15, 0.2) is 5.95 Å². The van der Waals surface area contributed by atoms with Gasteiger partial charge in [0.25, 0.3) is 0 Å². The summed E-state index contributed by atoms with van der Waals surface area (Å²) in [7, 11) is 0. The maximum absolute atomic E-state index is 14.0. The molecule has 0 unspecified atom stereocenters. The van der Waals surface area contributed by atoms with Crippen LogP contribution in [0.4, 0.5) is 4.39 Å². The summed E-state index contributed by atoms with van der Waals surface area (Å²) in [5.74, 6) is -1.34. The minimum Gasteiger partial charge on any atom is -0.481 e. The van der Waals surface area contributed by atoms with Crippen LogP contribution in [0.2, 0.25) is 0 Å². The van der Waals surface area contributed by atoms with Crippen molar-refractivity contribution in [3.63, 3.8) is 0 Å². The number of aromatic nitrogens is 1. The summed E-state index contributed by atoms with van der Waals surface area (Å²) in [5.41, 5.74) is 2.63. The fourth-order valence-electron chi connectivity index (χ4n) is 2.83. The molecular formula is C14H12FNO3. The fraction of sp³-hybridized carbons (Fsp3) is 0.286. The van der Waals surface area contributed by atoms with E-state index < -0.39 is 11.9 Å². The Hall–Kier alpha value is -2.17. The number of Topliss-reactive ketones (excluding diaryl/α,β-unsaturated/α-hetero) is 1. The van der Waals surface area contributed by atoms with Crippen molar-refractivity contribution in [1.29, 1.82) is 0 Å². The summed E-state index contributed by atoms with van der Waals surface area (Å²) >= 11 is 0. The third-order valence-electron chi connectivity index (χ3n) is 3.58. The second-order valence-corrected chi connectivity index (χ2v) is 4.76. The number of carbonyl (C=O) groups is 2. The Bertz CT molecular complexity index is 702. The smallest absolute Gasteiger partial charge is 0.307 e. The molecule has 0 fully saturated rings. The van der Waals surface area contributed by atoms with Crippen molar-refractivity contribution < 1.29 is 19.1 Å². The van der Waals surface area contributed by atoms with Crippen LogP contribution in [0.1, 0.15) is 23.2 Å². The number of fused-ring (bicyclic) bond motifs is 3. The SMILES string of the molecule is O=C(O)Cc1c2c(n3c(F)cccc13)CC(=O)CC2. The van der Waals surface area contributed by atoms with Crippen molar-refractivity contribution in [3.8, 4) is 0 Å². The van der Waals surface area contributed by atoms with Crippen molar-refractivity contribution in [2.75, 3.05) is 0 Å². The number of carboxylic acid groups (broad SMARTS) is 1. The molecule has 2 aromatic rings. The lowest BCUT2D eigenvalue weighted by Gasteiger charge is -2.12. The summed E-state index contributed by atoms with van der Waals surface area (Å²) < 4.78 is 15.3. The van der Waals surface area contributed by atoms with E-state index in [-0.39, 0.29) is 18.6 Å². The zero-order chi connectivity index (χ0) is 13.6. The van der Waals surface area contributed by atoms with Crippen LogP contribution in [0.15, 0.2) is 18.2 Å². The monoisotopic (exact) mass is 261 g/mol. The number of nitrogens with zero attached hydrogens (tertiary/aromatic N) is 1. The average Bonchev–Trinajstić information content (AvgIpc) is 2.64. The Morgan fingerprint density at radius 1 is 1.37 bits per heavy atom. The molecule has 1 aliphatic carbocycles. The first-order valence-corrected chi connectivity index (χ1v) is 6.11. The van der Waals surface area contributed by atoms with Crippen molar-refractivity contribution in [1.82, 2.24) is 4.40 Å². The van der Waals surface area contributed by atoms with E-state index >= 15 is 0 Å². The third-order valence-corrected chi connectivity index (χ3v) is 3.58. The topological polar surface area (TPSA) is 58.8 Å². The van der Waals surface area contributed by atoms with Crippen LogP contribution < -0.4 is 0 Å². The Balaban J connectivity index is 2.33. The first-order valence-electron chi connectivity index (χ1n) is 6.11. The first-order chi connectivity index (χ1) is 9.08. The first kappa shape index (κ1) is 11.9. The largest absolute Gasteiger partial charge is 0.481 e. The number of ketones is 1. The van der Waals surface area contributed by atoms with Gasteiger partial charge in [-0.05, 0) is 29.7 Å². The molecular weight excluding hydrogens is 249 g/mol. The molecule has 2 aromatic heterocycles. The number of hydrogen-bond donors (Lipinski definition) is 1. The highest BCUT2D eigenvalue weighted by atomic mass is 19.1. The molecule has 1 aliphatic rings. The van der Waals surface area contributed by atoms with E-state index in [2.05, 4.69) is 0 Å². The van der Waals surface area contributed by atoms with Gasteiger partial charge in [-0.3, -0.25) is 14.0 Å². The lowest BCUT2D eigenvalue weighted by molar-refractivity contribution is -0.136. The van der Waals surface area contributed by atoms with Crippen LogP contribution in [-0.2, 0) is 28.9 Å². The fourth-order valence-corrected chi connectivity index (χ4v) is 2.83. The number of rotatable bonds is 2. The number of carboxylic acids is 1. The maximum Gasteiger partial charge on any atom is 0.307 e. The molecule has 0 bridgehead atoms. The van der Waals surface area contributed by atoms with Crippen LogP contribution >= 0.6 is 0 Å². The van der Waals surface area contributed by atoms with Crippen molar-refractivity contribution in [2.45, 2.75) is 25.7 Å². The average molecular weight is 261 g/mol. The summed E-state index contributed by atoms with van der Waals surface area (Å²) in [6.07, 6.45) is 0.934. The van der Waals surface area contributed by atoms with Crippen LogP contribution in [0, 0.1) is 5.95 Å².